The monoisotopic (exact) mass is 1920 g/mol. The van der Waals surface area contributed by atoms with E-state index in [1.165, 1.54) is 55.0 Å². The number of nitriles is 3. The summed E-state index contributed by atoms with van der Waals surface area (Å²) in [5, 5.41) is 61.2. The highest BCUT2D eigenvalue weighted by molar-refractivity contribution is 6.35. The molecule has 3 aliphatic rings. The van der Waals surface area contributed by atoms with Gasteiger partial charge in [-0.15, -0.1) is 0 Å². The van der Waals surface area contributed by atoms with Crippen molar-refractivity contribution >= 4 is 103 Å². The fourth-order valence-electron chi connectivity index (χ4n) is 16.4. The highest BCUT2D eigenvalue weighted by atomic mass is 35.5. The quantitative estimate of drug-likeness (QED) is 0.0371. The van der Waals surface area contributed by atoms with E-state index in [0.717, 1.165) is 13.7 Å². The summed E-state index contributed by atoms with van der Waals surface area (Å²) < 4.78 is 177. The van der Waals surface area contributed by atoms with Crippen molar-refractivity contribution < 1.29 is 82.4 Å². The molecule has 696 valence electrons. The molecule has 0 atom stereocenters. The number of pyridine rings is 9. The number of nitrogens with zero attached hydrogens (tertiary/aromatic N) is 18. The number of carbonyl (C=O) groups excluding carboxylic acids is 3. The first-order valence-corrected chi connectivity index (χ1v) is 42.2. The topological polar surface area (TPSA) is 346 Å². The summed E-state index contributed by atoms with van der Waals surface area (Å²) in [7, 11) is 0. The Bertz CT molecular complexity index is 6650. The normalized spacial score (nSPS) is 13.4. The maximum atomic E-state index is 15.1. The van der Waals surface area contributed by atoms with E-state index in [1.54, 1.807) is 68.4 Å². The molecule has 0 spiro atoms. The summed E-state index contributed by atoms with van der Waals surface area (Å²) in [6.07, 6.45) is 8.15. The van der Waals surface area contributed by atoms with Gasteiger partial charge >= 0.3 is 0 Å². The van der Waals surface area contributed by atoms with Crippen LogP contribution in [0.5, 0.6) is 17.2 Å². The van der Waals surface area contributed by atoms with Crippen LogP contribution in [0.4, 0.5) is 69.7 Å². The molecule has 12 aromatic rings. The Morgan fingerprint density at radius 2 is 0.585 bits per heavy atom. The van der Waals surface area contributed by atoms with E-state index in [4.69, 9.17) is 34.8 Å². The third kappa shape index (κ3) is 17.1. The number of benzene rings is 3. The number of aromatic hydroxyl groups is 3. The van der Waals surface area contributed by atoms with Crippen molar-refractivity contribution in [1.82, 2.24) is 58.3 Å². The van der Waals surface area contributed by atoms with Crippen molar-refractivity contribution in [2.24, 2.45) is 0 Å². The van der Waals surface area contributed by atoms with Gasteiger partial charge in [0.05, 0.1) is 100 Å². The van der Waals surface area contributed by atoms with Crippen LogP contribution >= 0.6 is 34.8 Å². The molecule has 0 bridgehead atoms. The zero-order valence-corrected chi connectivity index (χ0v) is 75.0. The minimum atomic E-state index is -2.23. The van der Waals surface area contributed by atoms with E-state index in [-0.39, 0.29) is 198 Å². The van der Waals surface area contributed by atoms with Gasteiger partial charge in [-0.05, 0) is 110 Å². The zero-order chi connectivity index (χ0) is 98.7. The van der Waals surface area contributed by atoms with Gasteiger partial charge in [0, 0.05) is 113 Å². The number of hydrogen-bond acceptors (Lipinski definition) is 21. The third-order valence-corrected chi connectivity index (χ3v) is 23.9. The maximum absolute atomic E-state index is 15.1. The minimum absolute atomic E-state index is 0.120. The summed E-state index contributed by atoms with van der Waals surface area (Å²) in [5.74, 6) is -31.7. The van der Waals surface area contributed by atoms with Crippen LogP contribution in [0.25, 0.3) is 83.9 Å². The van der Waals surface area contributed by atoms with Gasteiger partial charge < -0.3 is 44.7 Å². The lowest BCUT2D eigenvalue weighted by atomic mass is 10.0. The highest BCUT2D eigenvalue weighted by Crippen LogP contribution is 2.48. The number of fused-ring (bicyclic) bond motifs is 3. The summed E-state index contributed by atoms with van der Waals surface area (Å²) in [5.41, 5.74) is -5.40. The van der Waals surface area contributed by atoms with Gasteiger partial charge in [-0.1, -0.05) is 96.1 Å². The standard InChI is InChI=1S/3C31H25ClF4N6O3/c3*1-5-19(43)40-8-10-41(11-9-40)28-16-12-18(32)26(20-21(33)22(34)23(35)24(36)29(20)44)39-30(16)42(31(45)17(28)13-37)27-15(4)6-7-38-25(27)14(2)3/h3*5-7,12,14,44H,1,8-11H2,2-4H3. The lowest BCUT2D eigenvalue weighted by Crippen LogP contribution is -2.49. The van der Waals surface area contributed by atoms with Crippen LogP contribution in [0.15, 0.2) is 107 Å². The highest BCUT2D eigenvalue weighted by Gasteiger charge is 2.39. The molecule has 15 rings (SSSR count). The summed E-state index contributed by atoms with van der Waals surface area (Å²) in [6, 6.07) is 14.5. The molecule has 3 N–H and O–H groups in total. The second-order valence-corrected chi connectivity index (χ2v) is 33.3. The van der Waals surface area contributed by atoms with Crippen LogP contribution in [0.3, 0.4) is 0 Å². The predicted molar refractivity (Wildman–Crippen MR) is 479 cm³/mol. The Balaban J connectivity index is 0.000000171. The molecule has 0 unspecified atom stereocenters. The van der Waals surface area contributed by atoms with Crippen molar-refractivity contribution in [1.29, 1.82) is 15.8 Å². The van der Waals surface area contributed by atoms with Gasteiger partial charge in [0.2, 0.25) is 52.6 Å². The Morgan fingerprint density at radius 1 is 0.370 bits per heavy atom. The van der Waals surface area contributed by atoms with E-state index in [2.05, 4.69) is 49.6 Å². The van der Waals surface area contributed by atoms with E-state index in [0.29, 0.717) is 33.8 Å². The number of carbonyl (C=O) groups is 3. The number of aryl methyl sites for hydroxylation is 3. The first kappa shape index (κ1) is 97.6. The van der Waals surface area contributed by atoms with E-state index in [9.17, 15) is 99.4 Å². The molecule has 3 fully saturated rings. The molecule has 27 nitrogen and oxygen atoms in total. The van der Waals surface area contributed by atoms with Crippen molar-refractivity contribution in [2.75, 3.05) is 93.2 Å². The van der Waals surface area contributed by atoms with Gasteiger partial charge in [-0.3, -0.25) is 57.4 Å². The molecular formula is C93H75Cl3F12N18O9. The molecule has 0 saturated carbocycles. The largest absolute Gasteiger partial charge is 0.504 e. The molecule has 3 aromatic carbocycles. The molecule has 135 heavy (non-hydrogen) atoms. The molecule has 3 aliphatic heterocycles. The predicted octanol–water partition coefficient (Wildman–Crippen LogP) is 16.5. The third-order valence-electron chi connectivity index (χ3n) is 23.0. The fraction of sp³-hybridized carbons (Fsp3) is 0.258. The lowest BCUT2D eigenvalue weighted by molar-refractivity contribution is -0.127. The van der Waals surface area contributed by atoms with Crippen LogP contribution < -0.4 is 31.4 Å². The van der Waals surface area contributed by atoms with Gasteiger partial charge in [-0.2, -0.15) is 29.0 Å². The Hall–Kier alpha value is -14.9. The van der Waals surface area contributed by atoms with E-state index >= 15 is 13.2 Å². The molecular weight excluding hydrogens is 1850 g/mol. The number of aromatic nitrogens is 9. The molecule has 0 aliphatic carbocycles. The first-order valence-electron chi connectivity index (χ1n) is 41.1. The lowest BCUT2D eigenvalue weighted by Gasteiger charge is -2.36. The number of hydrogen-bond donors (Lipinski definition) is 3. The van der Waals surface area contributed by atoms with E-state index < -0.39 is 153 Å². The Labute approximate surface area is 774 Å². The van der Waals surface area contributed by atoms with Crippen LogP contribution in [-0.4, -0.2) is 170 Å². The summed E-state index contributed by atoms with van der Waals surface area (Å²) >= 11 is 19.6. The molecule has 3 saturated heterocycles. The van der Waals surface area contributed by atoms with Crippen LogP contribution in [0.2, 0.25) is 15.1 Å². The van der Waals surface area contributed by atoms with Crippen molar-refractivity contribution in [3.8, 4) is 86.3 Å². The van der Waals surface area contributed by atoms with Crippen molar-refractivity contribution in [3.63, 3.8) is 0 Å². The van der Waals surface area contributed by atoms with Gasteiger partial charge in [0.15, 0.2) is 52.2 Å². The molecule has 0 radical (unpaired) electrons. The number of rotatable bonds is 15. The minimum Gasteiger partial charge on any atom is -0.504 e. The van der Waals surface area contributed by atoms with Gasteiger partial charge in [0.1, 0.15) is 51.8 Å². The zero-order valence-electron chi connectivity index (χ0n) is 72.8. The van der Waals surface area contributed by atoms with Crippen molar-refractivity contribution in [3.05, 3.63) is 259 Å². The summed E-state index contributed by atoms with van der Waals surface area (Å²) in [6.45, 7) is 29.1. The fourth-order valence-corrected chi connectivity index (χ4v) is 17.2. The van der Waals surface area contributed by atoms with Crippen LogP contribution in [0, 0.1) is 125 Å². The molecule has 3 amide bonds. The molecule has 12 heterocycles. The van der Waals surface area contributed by atoms with E-state index in [1.807, 2.05) is 59.8 Å². The number of amides is 3. The Morgan fingerprint density at radius 3 is 0.785 bits per heavy atom. The SMILES string of the molecule is C=CC(=O)N1CCN(c2c(C#N)c(=O)n(-c3c(C)ccnc3C(C)C)c3nc(-c4c(O)c(F)c(F)c(F)c4F)c(Cl)cc23)CC1.C=CC(=O)N1CCN(c2c(C#N)c(=O)n(-c3c(C)ccnc3C(C)C)c3nc(-c4c(O)c(F)c(F)c(F)c4F)c(Cl)cc23)CC1.C=CC(=O)N1CCN(c2c(C#N)c(=O)n(-c3c(C)ccnc3C(C)C)c3nc(-c4c(O)c(F)c(F)c(F)c4F)c(Cl)cc23)CC1. The maximum Gasteiger partial charge on any atom is 0.276 e. The van der Waals surface area contributed by atoms with Crippen molar-refractivity contribution in [2.45, 2.75) is 80.1 Å². The summed E-state index contributed by atoms with van der Waals surface area (Å²) in [4.78, 5) is 116. The van der Waals surface area contributed by atoms with Gasteiger partial charge in [0.25, 0.3) is 16.7 Å². The van der Waals surface area contributed by atoms with Crippen LogP contribution in [-0.2, 0) is 14.4 Å². The second-order valence-electron chi connectivity index (χ2n) is 32.0. The average molecular weight is 1920 g/mol. The Kier molecular flexibility index (Phi) is 28.0. The molecule has 9 aromatic heterocycles. The molecule has 42 heteroatoms. The average Bonchev–Trinajstić information content (AvgIpc) is 0.728. The number of halogens is 15. The first-order chi connectivity index (χ1) is 64.0. The number of anilines is 3. The second kappa shape index (κ2) is 38.7. The van der Waals surface area contributed by atoms with Gasteiger partial charge in [-0.25, -0.2) is 54.5 Å². The number of phenols is 3. The number of piperazine rings is 3. The number of phenolic OH excluding ortho intramolecular Hbond substituents is 3. The smallest absolute Gasteiger partial charge is 0.276 e. The van der Waals surface area contributed by atoms with Crippen LogP contribution in [0.1, 0.15) is 110 Å².